The average molecular weight is 279 g/mol. The second-order valence-corrected chi connectivity index (χ2v) is 7.04. The summed E-state index contributed by atoms with van der Waals surface area (Å²) in [4.78, 5) is 0. The monoisotopic (exact) mass is 278 g/mol. The quantitative estimate of drug-likeness (QED) is 0.670. The normalized spacial score (nSPS) is 26.9. The van der Waals surface area contributed by atoms with Crippen LogP contribution in [-0.4, -0.2) is 0 Å². The first-order valence-corrected chi connectivity index (χ1v) is 7.13. The molecule has 2 aliphatic rings. The van der Waals surface area contributed by atoms with Crippen molar-refractivity contribution < 1.29 is 0 Å². The molecule has 16 heavy (non-hydrogen) atoms. The van der Waals surface area contributed by atoms with Gasteiger partial charge in [-0.15, -0.1) is 0 Å². The first-order valence-electron chi connectivity index (χ1n) is 6.33. The molecule has 0 N–H and O–H groups in total. The van der Waals surface area contributed by atoms with E-state index in [1.165, 1.54) is 23.7 Å². The van der Waals surface area contributed by atoms with Crippen molar-refractivity contribution in [3.8, 4) is 0 Å². The molecule has 0 aromatic heterocycles. The second-order valence-electron chi connectivity index (χ2n) is 6.19. The fourth-order valence-corrected chi connectivity index (χ4v) is 4.27. The molecule has 0 nitrogen and oxygen atoms in total. The van der Waals surface area contributed by atoms with E-state index in [0.29, 0.717) is 11.3 Å². The summed E-state index contributed by atoms with van der Waals surface area (Å²) < 4.78 is 1.32. The number of hydrogen-bond donors (Lipinski definition) is 0. The smallest absolute Gasteiger partial charge is 0.0213 e. The van der Waals surface area contributed by atoms with Crippen molar-refractivity contribution in [2.24, 2.45) is 0 Å². The van der Waals surface area contributed by atoms with Gasteiger partial charge in [-0.25, -0.2) is 0 Å². The molecule has 3 rings (SSSR count). The van der Waals surface area contributed by atoms with Gasteiger partial charge >= 0.3 is 0 Å². The molecule has 1 aromatic rings. The lowest BCUT2D eigenvalue weighted by molar-refractivity contribution is 0.486. The van der Waals surface area contributed by atoms with Gasteiger partial charge in [0.1, 0.15) is 0 Å². The van der Waals surface area contributed by atoms with E-state index < -0.39 is 0 Å². The van der Waals surface area contributed by atoms with Crippen LogP contribution in [0.15, 0.2) is 16.6 Å². The number of fused-ring (bicyclic) bond motifs is 1. The van der Waals surface area contributed by atoms with Crippen LogP contribution in [0.1, 0.15) is 68.6 Å². The molecule has 86 valence electrons. The van der Waals surface area contributed by atoms with Crippen LogP contribution >= 0.6 is 15.9 Å². The molecule has 1 heteroatoms. The molecule has 0 unspecified atom stereocenters. The molecule has 2 aliphatic carbocycles. The summed E-state index contributed by atoms with van der Waals surface area (Å²) in [6.45, 7) is 7.19. The van der Waals surface area contributed by atoms with E-state index in [4.69, 9.17) is 0 Å². The van der Waals surface area contributed by atoms with Crippen LogP contribution in [0.5, 0.6) is 0 Å². The Bertz CT molecular complexity index is 441. The van der Waals surface area contributed by atoms with Crippen molar-refractivity contribution in [1.82, 2.24) is 0 Å². The molecule has 0 bridgehead atoms. The Kier molecular flexibility index (Phi) is 2.27. The Labute approximate surface area is 107 Å². The molecule has 0 aliphatic heterocycles. The van der Waals surface area contributed by atoms with Crippen molar-refractivity contribution in [2.75, 3.05) is 0 Å². The van der Waals surface area contributed by atoms with Crippen LogP contribution in [0.2, 0.25) is 0 Å². The molecule has 0 amide bonds. The molecule has 0 saturated heterocycles. The van der Waals surface area contributed by atoms with Gasteiger partial charge in [0.25, 0.3) is 0 Å². The average Bonchev–Trinajstić information content (AvgIpc) is 2.96. The molecule has 0 spiro atoms. The van der Waals surface area contributed by atoms with E-state index >= 15 is 0 Å². The third-order valence-electron chi connectivity index (χ3n) is 4.23. The van der Waals surface area contributed by atoms with Gasteiger partial charge in [-0.2, -0.15) is 0 Å². The predicted molar refractivity (Wildman–Crippen MR) is 72.2 cm³/mol. The first-order chi connectivity index (χ1) is 7.50. The minimum atomic E-state index is 0.371. The molecule has 0 heterocycles. The van der Waals surface area contributed by atoms with E-state index in [0.717, 1.165) is 5.92 Å². The third-order valence-corrected chi connectivity index (χ3v) is 4.92. The Hall–Kier alpha value is -0.300. The summed E-state index contributed by atoms with van der Waals surface area (Å²) in [6, 6.07) is 4.63. The van der Waals surface area contributed by atoms with Crippen molar-refractivity contribution in [3.63, 3.8) is 0 Å². The van der Waals surface area contributed by atoms with Gasteiger partial charge in [-0.3, -0.25) is 0 Å². The Morgan fingerprint density at radius 3 is 2.56 bits per heavy atom. The lowest BCUT2D eigenvalue weighted by Crippen LogP contribution is -2.14. The topological polar surface area (TPSA) is 0 Å². The van der Waals surface area contributed by atoms with Gasteiger partial charge < -0.3 is 0 Å². The fourth-order valence-electron chi connectivity index (χ4n) is 3.55. The van der Waals surface area contributed by atoms with Crippen molar-refractivity contribution in [1.29, 1.82) is 0 Å². The van der Waals surface area contributed by atoms with Crippen LogP contribution in [-0.2, 0) is 5.41 Å². The summed E-state index contributed by atoms with van der Waals surface area (Å²) in [5.74, 6) is 1.57. The highest BCUT2D eigenvalue weighted by Crippen LogP contribution is 2.54. The maximum Gasteiger partial charge on any atom is 0.0213 e. The van der Waals surface area contributed by atoms with Crippen LogP contribution in [0, 0.1) is 0 Å². The molecular weight excluding hydrogens is 260 g/mol. The van der Waals surface area contributed by atoms with E-state index in [1.807, 2.05) is 0 Å². The van der Waals surface area contributed by atoms with Gasteiger partial charge in [0.2, 0.25) is 0 Å². The van der Waals surface area contributed by atoms with Crippen molar-refractivity contribution in [3.05, 3.63) is 33.3 Å². The number of halogens is 1. The Balaban J connectivity index is 2.25. The first kappa shape index (κ1) is 10.8. The molecule has 1 aromatic carbocycles. The Morgan fingerprint density at radius 1 is 1.25 bits per heavy atom. The zero-order valence-corrected chi connectivity index (χ0v) is 11.9. The molecular formula is C15H19Br. The molecule has 1 atom stereocenters. The van der Waals surface area contributed by atoms with Crippen molar-refractivity contribution in [2.45, 2.75) is 57.3 Å². The van der Waals surface area contributed by atoms with E-state index in [1.54, 1.807) is 16.7 Å². The highest BCUT2D eigenvalue weighted by molar-refractivity contribution is 9.10. The highest BCUT2D eigenvalue weighted by atomic mass is 79.9. The van der Waals surface area contributed by atoms with Crippen LogP contribution in [0.4, 0.5) is 0 Å². The van der Waals surface area contributed by atoms with Gasteiger partial charge in [-0.05, 0) is 59.3 Å². The molecule has 0 radical (unpaired) electrons. The van der Waals surface area contributed by atoms with E-state index in [-0.39, 0.29) is 0 Å². The lowest BCUT2D eigenvalue weighted by Gasteiger charge is -2.23. The predicted octanol–water partition coefficient (Wildman–Crippen LogP) is 5.11. The fraction of sp³-hybridized carbons (Fsp3) is 0.600. The van der Waals surface area contributed by atoms with Gasteiger partial charge in [-0.1, -0.05) is 42.8 Å². The third kappa shape index (κ3) is 1.48. The summed E-state index contributed by atoms with van der Waals surface area (Å²) in [5, 5.41) is 0. The summed E-state index contributed by atoms with van der Waals surface area (Å²) in [7, 11) is 0. The van der Waals surface area contributed by atoms with Gasteiger partial charge in [0, 0.05) is 4.47 Å². The van der Waals surface area contributed by atoms with E-state index in [2.05, 4.69) is 48.8 Å². The zero-order chi connectivity index (χ0) is 11.5. The van der Waals surface area contributed by atoms with Crippen molar-refractivity contribution >= 4 is 15.9 Å². The van der Waals surface area contributed by atoms with Gasteiger partial charge in [0.15, 0.2) is 0 Å². The summed E-state index contributed by atoms with van der Waals surface area (Å²) >= 11 is 3.74. The maximum atomic E-state index is 3.74. The van der Waals surface area contributed by atoms with Crippen LogP contribution in [0.3, 0.4) is 0 Å². The molecule has 1 fully saturated rings. The number of rotatable bonds is 1. The summed E-state index contributed by atoms with van der Waals surface area (Å²) in [5.41, 5.74) is 5.27. The van der Waals surface area contributed by atoms with Gasteiger partial charge in [0.05, 0.1) is 0 Å². The minimum Gasteiger partial charge on any atom is -0.0583 e. The second kappa shape index (κ2) is 3.35. The van der Waals surface area contributed by atoms with Crippen LogP contribution < -0.4 is 0 Å². The lowest BCUT2D eigenvalue weighted by atomic mass is 9.82. The highest BCUT2D eigenvalue weighted by Gasteiger charge is 2.40. The minimum absolute atomic E-state index is 0.371. The number of hydrogen-bond acceptors (Lipinski definition) is 0. The SMILES string of the molecule is C[C@H]1CC(C)(C)c2c(C3CC3)ccc(Br)c21. The zero-order valence-electron chi connectivity index (χ0n) is 10.3. The molecule has 1 saturated carbocycles. The number of benzene rings is 1. The summed E-state index contributed by atoms with van der Waals surface area (Å²) in [6.07, 6.45) is 4.10. The maximum absolute atomic E-state index is 3.74. The standard InChI is InChI=1S/C15H19Br/c1-9-8-15(2,3)14-11(10-4-5-10)6-7-12(16)13(9)14/h6-7,9-10H,4-5,8H2,1-3H3/t9-/m0/s1. The largest absolute Gasteiger partial charge is 0.0583 e. The Morgan fingerprint density at radius 2 is 1.94 bits per heavy atom. The van der Waals surface area contributed by atoms with E-state index in [9.17, 15) is 0 Å². The van der Waals surface area contributed by atoms with Crippen LogP contribution in [0.25, 0.3) is 0 Å².